The normalized spacial score (nSPS) is 24.4. The Morgan fingerprint density at radius 2 is 1.76 bits per heavy atom. The van der Waals surface area contributed by atoms with Crippen LogP contribution < -0.4 is 5.32 Å². The standard InChI is InChI=1S/C14H28N2O/c1-16(12-14-5-10-17-11-6-14)9-4-13-2-7-15-8-3-13/h13-15H,2-12H2,1H3. The number of hydrogen-bond donors (Lipinski definition) is 1. The second-order valence-corrected chi connectivity index (χ2v) is 5.80. The summed E-state index contributed by atoms with van der Waals surface area (Å²) in [5, 5.41) is 3.44. The molecule has 3 heteroatoms. The van der Waals surface area contributed by atoms with E-state index in [9.17, 15) is 0 Å². The van der Waals surface area contributed by atoms with Gasteiger partial charge in [0.05, 0.1) is 0 Å². The molecule has 1 N–H and O–H groups in total. The Morgan fingerprint density at radius 1 is 1.06 bits per heavy atom. The first-order chi connectivity index (χ1) is 8.34. The number of rotatable bonds is 5. The third-order valence-electron chi connectivity index (χ3n) is 4.29. The monoisotopic (exact) mass is 240 g/mol. The number of ether oxygens (including phenoxy) is 1. The maximum absolute atomic E-state index is 5.41. The molecular formula is C14H28N2O. The predicted molar refractivity (Wildman–Crippen MR) is 71.3 cm³/mol. The van der Waals surface area contributed by atoms with Crippen LogP contribution in [0.15, 0.2) is 0 Å². The summed E-state index contributed by atoms with van der Waals surface area (Å²) in [7, 11) is 2.29. The fourth-order valence-corrected chi connectivity index (χ4v) is 3.03. The van der Waals surface area contributed by atoms with Gasteiger partial charge in [0.15, 0.2) is 0 Å². The van der Waals surface area contributed by atoms with Crippen molar-refractivity contribution in [3.63, 3.8) is 0 Å². The maximum atomic E-state index is 5.41. The molecule has 0 spiro atoms. The van der Waals surface area contributed by atoms with Gasteiger partial charge in [-0.3, -0.25) is 0 Å². The summed E-state index contributed by atoms with van der Waals surface area (Å²) in [6.07, 6.45) is 6.67. The molecule has 2 rings (SSSR count). The van der Waals surface area contributed by atoms with Gasteiger partial charge in [-0.1, -0.05) is 0 Å². The van der Waals surface area contributed by atoms with Crippen LogP contribution >= 0.6 is 0 Å². The zero-order valence-electron chi connectivity index (χ0n) is 11.3. The minimum absolute atomic E-state index is 0.877. The second kappa shape index (κ2) is 7.34. The molecule has 0 saturated carbocycles. The molecule has 0 amide bonds. The van der Waals surface area contributed by atoms with Crippen LogP contribution in [0.25, 0.3) is 0 Å². The third kappa shape index (κ3) is 4.94. The largest absolute Gasteiger partial charge is 0.381 e. The molecule has 0 unspecified atom stereocenters. The number of nitrogens with one attached hydrogen (secondary N) is 1. The Balaban J connectivity index is 1.57. The molecule has 0 aromatic carbocycles. The van der Waals surface area contributed by atoms with Gasteiger partial charge in [0.2, 0.25) is 0 Å². The van der Waals surface area contributed by atoms with E-state index in [1.54, 1.807) is 0 Å². The SMILES string of the molecule is CN(CCC1CCNCC1)CC1CCOCC1. The summed E-state index contributed by atoms with van der Waals surface area (Å²) >= 11 is 0. The molecule has 0 atom stereocenters. The van der Waals surface area contributed by atoms with Crippen LogP contribution in [-0.4, -0.2) is 51.3 Å². The van der Waals surface area contributed by atoms with Crippen molar-refractivity contribution in [1.82, 2.24) is 10.2 Å². The molecule has 0 radical (unpaired) electrons. The van der Waals surface area contributed by atoms with Gasteiger partial charge < -0.3 is 15.0 Å². The highest BCUT2D eigenvalue weighted by atomic mass is 16.5. The smallest absolute Gasteiger partial charge is 0.0469 e. The van der Waals surface area contributed by atoms with E-state index in [1.165, 1.54) is 58.3 Å². The zero-order chi connectivity index (χ0) is 11.9. The van der Waals surface area contributed by atoms with Crippen LogP contribution in [0, 0.1) is 11.8 Å². The molecule has 100 valence electrons. The van der Waals surface area contributed by atoms with Crippen molar-refractivity contribution >= 4 is 0 Å². The Morgan fingerprint density at radius 3 is 2.47 bits per heavy atom. The minimum atomic E-state index is 0.877. The zero-order valence-corrected chi connectivity index (χ0v) is 11.3. The molecule has 17 heavy (non-hydrogen) atoms. The molecule has 2 aliphatic heterocycles. The van der Waals surface area contributed by atoms with E-state index >= 15 is 0 Å². The first-order valence-electron chi connectivity index (χ1n) is 7.31. The van der Waals surface area contributed by atoms with Crippen molar-refractivity contribution in [2.75, 3.05) is 46.4 Å². The van der Waals surface area contributed by atoms with Gasteiger partial charge >= 0.3 is 0 Å². The lowest BCUT2D eigenvalue weighted by Gasteiger charge is -2.29. The highest BCUT2D eigenvalue weighted by molar-refractivity contribution is 4.71. The van der Waals surface area contributed by atoms with Crippen LogP contribution in [0.1, 0.15) is 32.1 Å². The van der Waals surface area contributed by atoms with Gasteiger partial charge in [-0.25, -0.2) is 0 Å². The van der Waals surface area contributed by atoms with E-state index in [0.717, 1.165) is 25.0 Å². The van der Waals surface area contributed by atoms with E-state index in [4.69, 9.17) is 4.74 Å². The molecule has 2 fully saturated rings. The van der Waals surface area contributed by atoms with Gasteiger partial charge in [-0.2, -0.15) is 0 Å². The Labute approximate surface area is 106 Å². The van der Waals surface area contributed by atoms with Crippen molar-refractivity contribution in [3.8, 4) is 0 Å². The average molecular weight is 240 g/mol. The maximum Gasteiger partial charge on any atom is 0.0469 e. The van der Waals surface area contributed by atoms with Crippen LogP contribution in [0.2, 0.25) is 0 Å². The lowest BCUT2D eigenvalue weighted by atomic mass is 9.94. The summed E-state index contributed by atoms with van der Waals surface area (Å²) < 4.78 is 5.41. The highest BCUT2D eigenvalue weighted by Gasteiger charge is 2.17. The molecule has 0 aliphatic carbocycles. The van der Waals surface area contributed by atoms with Crippen molar-refractivity contribution < 1.29 is 4.74 Å². The topological polar surface area (TPSA) is 24.5 Å². The van der Waals surface area contributed by atoms with Gasteiger partial charge in [0.25, 0.3) is 0 Å². The summed E-state index contributed by atoms with van der Waals surface area (Å²) in [4.78, 5) is 2.54. The number of nitrogens with zero attached hydrogens (tertiary/aromatic N) is 1. The summed E-state index contributed by atoms with van der Waals surface area (Å²) in [5.41, 5.74) is 0. The van der Waals surface area contributed by atoms with Crippen LogP contribution in [0.4, 0.5) is 0 Å². The van der Waals surface area contributed by atoms with Crippen LogP contribution in [-0.2, 0) is 4.74 Å². The molecule has 2 aliphatic rings. The Hall–Kier alpha value is -0.120. The van der Waals surface area contributed by atoms with Crippen LogP contribution in [0.5, 0.6) is 0 Å². The first-order valence-corrected chi connectivity index (χ1v) is 7.31. The number of hydrogen-bond acceptors (Lipinski definition) is 3. The lowest BCUT2D eigenvalue weighted by Crippen LogP contribution is -2.33. The van der Waals surface area contributed by atoms with Crippen LogP contribution in [0.3, 0.4) is 0 Å². The summed E-state index contributed by atoms with van der Waals surface area (Å²) in [5.74, 6) is 1.84. The summed E-state index contributed by atoms with van der Waals surface area (Å²) in [6.45, 7) is 6.97. The van der Waals surface area contributed by atoms with Crippen molar-refractivity contribution in [2.45, 2.75) is 32.1 Å². The first kappa shape index (κ1) is 13.3. The summed E-state index contributed by atoms with van der Waals surface area (Å²) in [6, 6.07) is 0. The number of piperidine rings is 1. The van der Waals surface area contributed by atoms with E-state index in [-0.39, 0.29) is 0 Å². The fraction of sp³-hybridized carbons (Fsp3) is 1.00. The average Bonchev–Trinajstić information content (AvgIpc) is 2.39. The quantitative estimate of drug-likeness (QED) is 0.792. The molecule has 0 aromatic rings. The molecular weight excluding hydrogens is 212 g/mol. The van der Waals surface area contributed by atoms with E-state index in [1.807, 2.05) is 0 Å². The molecule has 0 aromatic heterocycles. The van der Waals surface area contributed by atoms with E-state index in [2.05, 4.69) is 17.3 Å². The van der Waals surface area contributed by atoms with Gasteiger partial charge in [0, 0.05) is 19.8 Å². The highest BCUT2D eigenvalue weighted by Crippen LogP contribution is 2.18. The molecule has 0 bridgehead atoms. The minimum Gasteiger partial charge on any atom is -0.381 e. The van der Waals surface area contributed by atoms with Crippen molar-refractivity contribution in [3.05, 3.63) is 0 Å². The Bertz CT molecular complexity index is 198. The van der Waals surface area contributed by atoms with Gasteiger partial charge in [-0.15, -0.1) is 0 Å². The molecule has 2 heterocycles. The molecule has 3 nitrogen and oxygen atoms in total. The predicted octanol–water partition coefficient (Wildman–Crippen LogP) is 1.73. The van der Waals surface area contributed by atoms with E-state index in [0.29, 0.717) is 0 Å². The molecule has 2 saturated heterocycles. The van der Waals surface area contributed by atoms with E-state index < -0.39 is 0 Å². The van der Waals surface area contributed by atoms with Crippen molar-refractivity contribution in [1.29, 1.82) is 0 Å². The Kier molecular flexibility index (Phi) is 5.75. The fourth-order valence-electron chi connectivity index (χ4n) is 3.03. The third-order valence-corrected chi connectivity index (χ3v) is 4.29. The van der Waals surface area contributed by atoms with Gasteiger partial charge in [0.1, 0.15) is 0 Å². The van der Waals surface area contributed by atoms with Crippen molar-refractivity contribution in [2.24, 2.45) is 11.8 Å². The second-order valence-electron chi connectivity index (χ2n) is 5.80. The lowest BCUT2D eigenvalue weighted by molar-refractivity contribution is 0.0550. The van der Waals surface area contributed by atoms with Gasteiger partial charge in [-0.05, 0) is 70.6 Å².